The van der Waals surface area contributed by atoms with Crippen LogP contribution in [-0.2, 0) is 0 Å². The van der Waals surface area contributed by atoms with Crippen molar-refractivity contribution < 1.29 is 13.9 Å². The number of benzene rings is 1. The van der Waals surface area contributed by atoms with E-state index in [0.717, 1.165) is 35.2 Å². The summed E-state index contributed by atoms with van der Waals surface area (Å²) in [6.45, 7) is 11.0. The van der Waals surface area contributed by atoms with Crippen LogP contribution in [0.4, 0.5) is 0 Å². The molecule has 0 aliphatic heterocycles. The molecular weight excluding hydrogens is 356 g/mol. The van der Waals surface area contributed by atoms with E-state index in [4.69, 9.17) is 13.9 Å². The molecule has 2 rings (SSSR count). The van der Waals surface area contributed by atoms with Crippen molar-refractivity contribution >= 4 is 31.8 Å². The molecule has 1 aliphatic carbocycles. The van der Waals surface area contributed by atoms with Crippen molar-refractivity contribution in [1.29, 1.82) is 0 Å². The Balaban J connectivity index is 2.61. The maximum Gasteiger partial charge on any atom is 0.242 e. The van der Waals surface area contributed by atoms with Gasteiger partial charge in [0, 0.05) is 16.1 Å². The first kappa shape index (κ1) is 19.9. The molecule has 0 saturated carbocycles. The molecular formula is C18H30O3S2Si. The van der Waals surface area contributed by atoms with E-state index in [1.165, 1.54) is 11.1 Å². The van der Waals surface area contributed by atoms with Gasteiger partial charge in [0.1, 0.15) is 0 Å². The fourth-order valence-corrected chi connectivity index (χ4v) is 6.33. The molecule has 1 aromatic rings. The van der Waals surface area contributed by atoms with Gasteiger partial charge in [0.2, 0.25) is 8.32 Å². The highest BCUT2D eigenvalue weighted by Gasteiger charge is 2.37. The molecule has 0 heterocycles. The second kappa shape index (κ2) is 8.28. The van der Waals surface area contributed by atoms with Crippen molar-refractivity contribution in [3.8, 4) is 17.2 Å². The molecule has 3 nitrogen and oxygen atoms in total. The van der Waals surface area contributed by atoms with Gasteiger partial charge >= 0.3 is 0 Å². The molecule has 24 heavy (non-hydrogen) atoms. The number of ether oxygens (including phenoxy) is 2. The maximum atomic E-state index is 6.37. The van der Waals surface area contributed by atoms with Gasteiger partial charge in [0.05, 0.1) is 14.2 Å². The molecule has 2 unspecified atom stereocenters. The summed E-state index contributed by atoms with van der Waals surface area (Å²) in [4.78, 5) is 0. The Hall–Kier alpha value is -0.463. The summed E-state index contributed by atoms with van der Waals surface area (Å²) in [5, 5.41) is 0.983. The summed E-state index contributed by atoms with van der Waals surface area (Å²) >= 11 is 4.01. The standard InChI is InChI=1S/C18H30O3S2Si/c1-8-22-14-11-15(23-9-2)16-12(14)10-13(19-3)17(18(16)20-4)21-24(5,6)7/h10,14-15H,8-9,11H2,1-7H3. The molecule has 6 heteroatoms. The largest absolute Gasteiger partial charge is 0.539 e. The van der Waals surface area contributed by atoms with E-state index in [-0.39, 0.29) is 0 Å². The Morgan fingerprint density at radius 1 is 1.00 bits per heavy atom. The summed E-state index contributed by atoms with van der Waals surface area (Å²) in [6, 6.07) is 2.19. The third kappa shape index (κ3) is 4.19. The molecule has 136 valence electrons. The maximum absolute atomic E-state index is 6.37. The molecule has 0 radical (unpaired) electrons. The van der Waals surface area contributed by atoms with E-state index in [1.54, 1.807) is 14.2 Å². The lowest BCUT2D eigenvalue weighted by molar-refractivity contribution is 0.358. The quantitative estimate of drug-likeness (QED) is 0.518. The lowest BCUT2D eigenvalue weighted by Gasteiger charge is -2.26. The minimum absolute atomic E-state index is 0.471. The van der Waals surface area contributed by atoms with Crippen LogP contribution in [0, 0.1) is 0 Å². The second-order valence-corrected chi connectivity index (χ2v) is 14.2. The minimum Gasteiger partial charge on any atom is -0.539 e. The zero-order chi connectivity index (χ0) is 17.9. The van der Waals surface area contributed by atoms with Crippen molar-refractivity contribution in [2.24, 2.45) is 0 Å². The topological polar surface area (TPSA) is 27.7 Å². The van der Waals surface area contributed by atoms with Crippen molar-refractivity contribution in [3.63, 3.8) is 0 Å². The Bertz CT molecular complexity index is 572. The van der Waals surface area contributed by atoms with Crippen molar-refractivity contribution in [3.05, 3.63) is 17.2 Å². The van der Waals surface area contributed by atoms with Gasteiger partial charge in [-0.15, -0.1) is 0 Å². The number of rotatable bonds is 8. The first-order valence-corrected chi connectivity index (χ1v) is 14.1. The summed E-state index contributed by atoms with van der Waals surface area (Å²) in [5.41, 5.74) is 2.69. The number of hydrogen-bond acceptors (Lipinski definition) is 5. The fourth-order valence-electron chi connectivity index (χ4n) is 3.16. The molecule has 0 N–H and O–H groups in total. The first-order chi connectivity index (χ1) is 11.4. The molecule has 0 aromatic heterocycles. The van der Waals surface area contributed by atoms with Gasteiger partial charge in [-0.3, -0.25) is 0 Å². The van der Waals surface area contributed by atoms with Crippen LogP contribution in [0.1, 0.15) is 41.9 Å². The third-order valence-electron chi connectivity index (χ3n) is 3.94. The summed E-state index contributed by atoms with van der Waals surface area (Å²) in [7, 11) is 1.70. The molecule has 1 aliphatic rings. The molecule has 0 saturated heterocycles. The van der Waals surface area contributed by atoms with Crippen LogP contribution in [0.3, 0.4) is 0 Å². The van der Waals surface area contributed by atoms with E-state index >= 15 is 0 Å². The highest BCUT2D eigenvalue weighted by Crippen LogP contribution is 2.59. The normalized spacial score (nSPS) is 20.0. The Morgan fingerprint density at radius 2 is 1.62 bits per heavy atom. The molecule has 0 fully saturated rings. The molecule has 1 aromatic carbocycles. The van der Waals surface area contributed by atoms with Crippen LogP contribution in [0.5, 0.6) is 17.2 Å². The molecule has 2 atom stereocenters. The monoisotopic (exact) mass is 386 g/mol. The van der Waals surface area contributed by atoms with E-state index in [0.29, 0.717) is 10.5 Å². The van der Waals surface area contributed by atoms with Crippen LogP contribution >= 0.6 is 23.5 Å². The van der Waals surface area contributed by atoms with Crippen LogP contribution in [-0.4, -0.2) is 34.0 Å². The van der Waals surface area contributed by atoms with Crippen molar-refractivity contribution in [2.45, 2.75) is 50.4 Å². The number of hydrogen-bond donors (Lipinski definition) is 0. The Labute approximate surface area is 156 Å². The van der Waals surface area contributed by atoms with Crippen LogP contribution < -0.4 is 13.9 Å². The van der Waals surface area contributed by atoms with Gasteiger partial charge in [-0.2, -0.15) is 23.5 Å². The zero-order valence-electron chi connectivity index (χ0n) is 15.9. The van der Waals surface area contributed by atoms with Crippen molar-refractivity contribution in [2.75, 3.05) is 25.7 Å². The second-order valence-electron chi connectivity index (χ2n) is 6.78. The van der Waals surface area contributed by atoms with Crippen LogP contribution in [0.15, 0.2) is 6.07 Å². The van der Waals surface area contributed by atoms with Gasteiger partial charge in [-0.05, 0) is 49.2 Å². The summed E-state index contributed by atoms with van der Waals surface area (Å²) in [6.07, 6.45) is 1.16. The fraction of sp³-hybridized carbons (Fsp3) is 0.667. The summed E-state index contributed by atoms with van der Waals surface area (Å²) in [5.74, 6) is 4.70. The highest BCUT2D eigenvalue weighted by atomic mass is 32.2. The minimum atomic E-state index is -1.77. The third-order valence-corrected chi connectivity index (χ3v) is 7.10. The predicted octanol–water partition coefficient (Wildman–Crippen LogP) is 5.91. The average Bonchev–Trinajstić information content (AvgIpc) is 2.83. The van der Waals surface area contributed by atoms with E-state index in [1.807, 2.05) is 23.5 Å². The molecule has 0 bridgehead atoms. The Morgan fingerprint density at radius 3 is 2.12 bits per heavy atom. The van der Waals surface area contributed by atoms with Gasteiger partial charge in [0.15, 0.2) is 17.2 Å². The van der Waals surface area contributed by atoms with Gasteiger partial charge in [-0.25, -0.2) is 0 Å². The number of methoxy groups -OCH3 is 2. The zero-order valence-corrected chi connectivity index (χ0v) is 18.5. The lowest BCUT2D eigenvalue weighted by atomic mass is 10.1. The van der Waals surface area contributed by atoms with Gasteiger partial charge in [0.25, 0.3) is 0 Å². The smallest absolute Gasteiger partial charge is 0.242 e. The highest BCUT2D eigenvalue weighted by molar-refractivity contribution is 8.00. The number of fused-ring (bicyclic) bond motifs is 1. The molecule has 0 spiro atoms. The first-order valence-electron chi connectivity index (χ1n) is 8.57. The molecule has 0 amide bonds. The predicted molar refractivity (Wildman–Crippen MR) is 110 cm³/mol. The average molecular weight is 387 g/mol. The van der Waals surface area contributed by atoms with Crippen LogP contribution in [0.25, 0.3) is 0 Å². The summed E-state index contributed by atoms with van der Waals surface area (Å²) < 4.78 is 17.9. The van der Waals surface area contributed by atoms with Crippen molar-refractivity contribution in [1.82, 2.24) is 0 Å². The lowest BCUT2D eigenvalue weighted by Crippen LogP contribution is -2.30. The van der Waals surface area contributed by atoms with Gasteiger partial charge < -0.3 is 13.9 Å². The SMILES string of the molecule is CCSC1CC(SCC)c2c1cc(OC)c(O[Si](C)(C)C)c2OC. The Kier molecular flexibility index (Phi) is 6.85. The van der Waals surface area contributed by atoms with E-state index in [2.05, 4.69) is 39.6 Å². The van der Waals surface area contributed by atoms with E-state index < -0.39 is 8.32 Å². The number of thioether (sulfide) groups is 2. The van der Waals surface area contributed by atoms with Gasteiger partial charge in [-0.1, -0.05) is 13.8 Å². The van der Waals surface area contributed by atoms with Crippen LogP contribution in [0.2, 0.25) is 19.6 Å². The van der Waals surface area contributed by atoms with E-state index in [9.17, 15) is 0 Å².